The van der Waals surface area contributed by atoms with Crippen LogP contribution >= 0.6 is 0 Å². The van der Waals surface area contributed by atoms with Gasteiger partial charge in [-0.3, -0.25) is 9.59 Å². The summed E-state index contributed by atoms with van der Waals surface area (Å²) in [4.78, 5) is 23.4. The smallest absolute Gasteiger partial charge is 0.308 e. The second-order valence-electron chi connectivity index (χ2n) is 8.07. The summed E-state index contributed by atoms with van der Waals surface area (Å²) in [6.45, 7) is 7.44. The third kappa shape index (κ3) is 18.3. The van der Waals surface area contributed by atoms with Crippen LogP contribution in [0.3, 0.4) is 0 Å². The predicted molar refractivity (Wildman–Crippen MR) is 116 cm³/mol. The number of unbranched alkanes of at least 4 members (excludes halogenated alkanes) is 11. The Morgan fingerprint density at radius 1 is 0.643 bits per heavy atom. The highest BCUT2D eigenvalue weighted by Gasteiger charge is 2.13. The average Bonchev–Trinajstić information content (AvgIpc) is 2.69. The van der Waals surface area contributed by atoms with E-state index >= 15 is 0 Å². The zero-order valence-electron chi connectivity index (χ0n) is 18.9. The standard InChI is InChI=1S/C24H46O4/c1-4-6-16-20-27-23(25)19-15-13-11-9-8-10-12-14-18-22(3)24(26)28-21-17-7-5-2/h22H,4-21H2,1-3H3. The predicted octanol–water partition coefficient (Wildman–Crippen LogP) is 6.99. The van der Waals surface area contributed by atoms with E-state index in [-0.39, 0.29) is 17.9 Å². The van der Waals surface area contributed by atoms with Crippen molar-refractivity contribution in [3.05, 3.63) is 0 Å². The van der Waals surface area contributed by atoms with E-state index in [0.29, 0.717) is 19.6 Å². The van der Waals surface area contributed by atoms with Gasteiger partial charge in [0.05, 0.1) is 19.1 Å². The van der Waals surface area contributed by atoms with Gasteiger partial charge in [0.1, 0.15) is 0 Å². The van der Waals surface area contributed by atoms with Crippen molar-refractivity contribution in [3.8, 4) is 0 Å². The minimum Gasteiger partial charge on any atom is -0.466 e. The highest BCUT2D eigenvalue weighted by Crippen LogP contribution is 2.15. The van der Waals surface area contributed by atoms with Crippen LogP contribution in [0.25, 0.3) is 0 Å². The summed E-state index contributed by atoms with van der Waals surface area (Å²) in [6, 6.07) is 0. The molecule has 0 fully saturated rings. The van der Waals surface area contributed by atoms with Crippen molar-refractivity contribution >= 4 is 11.9 Å². The van der Waals surface area contributed by atoms with Gasteiger partial charge in [0.15, 0.2) is 0 Å². The Bertz CT molecular complexity index is 368. The zero-order valence-corrected chi connectivity index (χ0v) is 18.9. The first-order valence-corrected chi connectivity index (χ1v) is 11.9. The topological polar surface area (TPSA) is 52.6 Å². The van der Waals surface area contributed by atoms with Crippen LogP contribution in [0.4, 0.5) is 0 Å². The van der Waals surface area contributed by atoms with Gasteiger partial charge in [-0.25, -0.2) is 0 Å². The minimum atomic E-state index is -0.0332. The van der Waals surface area contributed by atoms with Gasteiger partial charge in [-0.2, -0.15) is 0 Å². The highest BCUT2D eigenvalue weighted by atomic mass is 16.5. The Kier molecular flexibility index (Phi) is 19.9. The molecule has 0 aromatic carbocycles. The molecule has 0 amide bonds. The van der Waals surface area contributed by atoms with Crippen LogP contribution in [0.15, 0.2) is 0 Å². The largest absolute Gasteiger partial charge is 0.466 e. The molecule has 166 valence electrons. The first-order chi connectivity index (χ1) is 13.6. The van der Waals surface area contributed by atoms with Gasteiger partial charge >= 0.3 is 11.9 Å². The molecule has 0 aromatic heterocycles. The fraction of sp³-hybridized carbons (Fsp3) is 0.917. The van der Waals surface area contributed by atoms with Gasteiger partial charge in [0, 0.05) is 6.42 Å². The minimum absolute atomic E-state index is 0.0278. The Morgan fingerprint density at radius 3 is 1.71 bits per heavy atom. The SMILES string of the molecule is CCCCCOC(=O)CCCCCCCCCCC(C)C(=O)OCCCCC. The third-order valence-electron chi connectivity index (χ3n) is 5.17. The normalized spacial score (nSPS) is 12.0. The number of hydrogen-bond donors (Lipinski definition) is 0. The molecule has 0 spiro atoms. The van der Waals surface area contributed by atoms with E-state index in [4.69, 9.17) is 9.47 Å². The summed E-state index contributed by atoms with van der Waals surface area (Å²) < 4.78 is 10.5. The fourth-order valence-electron chi connectivity index (χ4n) is 3.18. The lowest BCUT2D eigenvalue weighted by Crippen LogP contribution is -2.15. The Morgan fingerprint density at radius 2 is 1.14 bits per heavy atom. The molecule has 4 nitrogen and oxygen atoms in total. The highest BCUT2D eigenvalue weighted by molar-refractivity contribution is 5.71. The van der Waals surface area contributed by atoms with E-state index in [9.17, 15) is 9.59 Å². The van der Waals surface area contributed by atoms with Crippen molar-refractivity contribution in [2.24, 2.45) is 5.92 Å². The lowest BCUT2D eigenvalue weighted by Gasteiger charge is -2.11. The Balaban J connectivity index is 3.34. The number of carbonyl (C=O) groups excluding carboxylic acids is 2. The second kappa shape index (κ2) is 20.7. The second-order valence-corrected chi connectivity index (χ2v) is 8.07. The third-order valence-corrected chi connectivity index (χ3v) is 5.17. The first-order valence-electron chi connectivity index (χ1n) is 11.9. The van der Waals surface area contributed by atoms with Crippen LogP contribution in [-0.2, 0) is 19.1 Å². The number of ether oxygens (including phenoxy) is 2. The summed E-state index contributed by atoms with van der Waals surface area (Å²) in [6.07, 6.45) is 17.3. The van der Waals surface area contributed by atoms with Crippen molar-refractivity contribution < 1.29 is 19.1 Å². The molecule has 0 heterocycles. The van der Waals surface area contributed by atoms with Crippen LogP contribution in [0, 0.1) is 5.92 Å². The van der Waals surface area contributed by atoms with Crippen LogP contribution in [0.2, 0.25) is 0 Å². The van der Waals surface area contributed by atoms with Crippen molar-refractivity contribution in [1.82, 2.24) is 0 Å². The molecule has 0 aliphatic rings. The zero-order chi connectivity index (χ0) is 20.9. The quantitative estimate of drug-likeness (QED) is 0.164. The van der Waals surface area contributed by atoms with Gasteiger partial charge in [-0.15, -0.1) is 0 Å². The molecule has 1 atom stereocenters. The van der Waals surface area contributed by atoms with Gasteiger partial charge < -0.3 is 9.47 Å². The molecule has 0 bridgehead atoms. The first kappa shape index (κ1) is 26.9. The lowest BCUT2D eigenvalue weighted by molar-refractivity contribution is -0.148. The molecule has 0 radical (unpaired) electrons. The molecule has 28 heavy (non-hydrogen) atoms. The van der Waals surface area contributed by atoms with E-state index in [1.165, 1.54) is 32.1 Å². The molecule has 4 heteroatoms. The summed E-state index contributed by atoms with van der Waals surface area (Å²) in [5, 5.41) is 0. The van der Waals surface area contributed by atoms with Crippen LogP contribution < -0.4 is 0 Å². The van der Waals surface area contributed by atoms with Crippen LogP contribution in [0.5, 0.6) is 0 Å². The molecular formula is C24H46O4. The summed E-state index contributed by atoms with van der Waals surface area (Å²) in [5.74, 6) is -0.0301. The maximum Gasteiger partial charge on any atom is 0.308 e. The molecule has 0 saturated heterocycles. The van der Waals surface area contributed by atoms with Crippen molar-refractivity contribution in [3.63, 3.8) is 0 Å². The molecule has 0 aromatic rings. The summed E-state index contributed by atoms with van der Waals surface area (Å²) in [7, 11) is 0. The number of rotatable bonds is 20. The van der Waals surface area contributed by atoms with Crippen molar-refractivity contribution in [2.45, 2.75) is 124 Å². The van der Waals surface area contributed by atoms with E-state index in [1.807, 2.05) is 6.92 Å². The molecule has 0 saturated carbocycles. The maximum absolute atomic E-state index is 11.9. The van der Waals surface area contributed by atoms with Crippen molar-refractivity contribution in [2.75, 3.05) is 13.2 Å². The lowest BCUT2D eigenvalue weighted by atomic mass is 10.0. The van der Waals surface area contributed by atoms with E-state index in [1.54, 1.807) is 0 Å². The summed E-state index contributed by atoms with van der Waals surface area (Å²) in [5.41, 5.74) is 0. The van der Waals surface area contributed by atoms with Gasteiger partial charge in [-0.05, 0) is 25.7 Å². The Hall–Kier alpha value is -1.06. The molecule has 0 N–H and O–H groups in total. The van der Waals surface area contributed by atoms with E-state index in [2.05, 4.69) is 13.8 Å². The van der Waals surface area contributed by atoms with Gasteiger partial charge in [0.2, 0.25) is 0 Å². The molecular weight excluding hydrogens is 352 g/mol. The molecule has 0 rings (SSSR count). The molecule has 1 unspecified atom stereocenters. The number of esters is 2. The van der Waals surface area contributed by atoms with E-state index in [0.717, 1.165) is 64.2 Å². The average molecular weight is 399 g/mol. The monoisotopic (exact) mass is 398 g/mol. The Labute approximate surface area is 174 Å². The van der Waals surface area contributed by atoms with Crippen molar-refractivity contribution in [1.29, 1.82) is 0 Å². The molecule has 0 aliphatic heterocycles. The van der Waals surface area contributed by atoms with E-state index < -0.39 is 0 Å². The van der Waals surface area contributed by atoms with Crippen LogP contribution in [-0.4, -0.2) is 25.2 Å². The number of hydrogen-bond acceptors (Lipinski definition) is 4. The van der Waals surface area contributed by atoms with Gasteiger partial charge in [-0.1, -0.05) is 91.4 Å². The van der Waals surface area contributed by atoms with Gasteiger partial charge in [0.25, 0.3) is 0 Å². The number of carbonyl (C=O) groups is 2. The van der Waals surface area contributed by atoms with Crippen LogP contribution in [0.1, 0.15) is 124 Å². The maximum atomic E-state index is 11.9. The summed E-state index contributed by atoms with van der Waals surface area (Å²) >= 11 is 0. The molecule has 0 aliphatic carbocycles. The fourth-order valence-corrected chi connectivity index (χ4v) is 3.18.